The molecule has 0 fully saturated rings. The summed E-state index contributed by atoms with van der Waals surface area (Å²) in [5.74, 6) is 0. The molecule has 1 aromatic heterocycles. The quantitative estimate of drug-likeness (QED) is 0.874. The molecule has 2 aromatic rings. The molecule has 2 rings (SSSR count). The number of pyridine rings is 1. The first kappa shape index (κ1) is 11.9. The summed E-state index contributed by atoms with van der Waals surface area (Å²) in [4.78, 5) is 3.95. The van der Waals surface area contributed by atoms with E-state index in [4.69, 9.17) is 17.3 Å². The van der Waals surface area contributed by atoms with Gasteiger partial charge in [-0.05, 0) is 11.6 Å². The number of rotatable bonds is 4. The van der Waals surface area contributed by atoms with Gasteiger partial charge in [-0.25, -0.2) is 0 Å². The molecule has 0 saturated carbocycles. The van der Waals surface area contributed by atoms with E-state index in [0.29, 0.717) is 11.6 Å². The van der Waals surface area contributed by atoms with Gasteiger partial charge in [-0.15, -0.1) is 0 Å². The predicted octanol–water partition coefficient (Wildman–Crippen LogP) is 2.85. The van der Waals surface area contributed by atoms with Gasteiger partial charge in [-0.1, -0.05) is 41.9 Å². The second kappa shape index (κ2) is 5.66. The highest BCUT2D eigenvalue weighted by atomic mass is 35.5. The Balaban J connectivity index is 2.19. The molecule has 0 saturated heterocycles. The molecule has 0 bridgehead atoms. The molecule has 3 nitrogen and oxygen atoms in total. The summed E-state index contributed by atoms with van der Waals surface area (Å²) in [6, 6.07) is 11.9. The van der Waals surface area contributed by atoms with Crippen molar-refractivity contribution in [3.8, 4) is 0 Å². The standard InChI is InChI=1S/C13H14ClN3/c14-11-9-16-7-6-12(11)17-13(8-15)10-4-2-1-3-5-10/h1-7,9,13H,8,15H2,(H,16,17). The fourth-order valence-electron chi connectivity index (χ4n) is 1.64. The lowest BCUT2D eigenvalue weighted by Crippen LogP contribution is -2.20. The van der Waals surface area contributed by atoms with Crippen molar-refractivity contribution in [2.75, 3.05) is 11.9 Å². The molecule has 17 heavy (non-hydrogen) atoms. The topological polar surface area (TPSA) is 50.9 Å². The first-order valence-electron chi connectivity index (χ1n) is 5.42. The molecule has 0 aliphatic rings. The van der Waals surface area contributed by atoms with Crippen LogP contribution in [0.2, 0.25) is 5.02 Å². The number of aromatic nitrogens is 1. The summed E-state index contributed by atoms with van der Waals surface area (Å²) in [6.07, 6.45) is 3.31. The molecule has 0 spiro atoms. The average molecular weight is 248 g/mol. The number of hydrogen-bond acceptors (Lipinski definition) is 3. The molecule has 1 heterocycles. The van der Waals surface area contributed by atoms with Crippen LogP contribution in [0, 0.1) is 0 Å². The van der Waals surface area contributed by atoms with Crippen LogP contribution in [0.15, 0.2) is 48.8 Å². The van der Waals surface area contributed by atoms with E-state index >= 15 is 0 Å². The lowest BCUT2D eigenvalue weighted by Gasteiger charge is -2.19. The summed E-state index contributed by atoms with van der Waals surface area (Å²) in [5.41, 5.74) is 7.77. The third kappa shape index (κ3) is 2.96. The Labute approximate surface area is 106 Å². The van der Waals surface area contributed by atoms with Crippen molar-refractivity contribution in [1.82, 2.24) is 4.98 Å². The maximum atomic E-state index is 6.05. The molecule has 1 unspecified atom stereocenters. The zero-order valence-corrected chi connectivity index (χ0v) is 10.1. The van der Waals surface area contributed by atoms with Crippen molar-refractivity contribution >= 4 is 17.3 Å². The van der Waals surface area contributed by atoms with Gasteiger partial charge >= 0.3 is 0 Å². The highest BCUT2D eigenvalue weighted by Gasteiger charge is 2.10. The fourth-order valence-corrected chi connectivity index (χ4v) is 1.82. The minimum Gasteiger partial charge on any atom is -0.376 e. The third-order valence-electron chi connectivity index (χ3n) is 2.54. The molecular formula is C13H14ClN3. The molecule has 1 aromatic carbocycles. The van der Waals surface area contributed by atoms with Gasteiger partial charge in [0.25, 0.3) is 0 Å². The van der Waals surface area contributed by atoms with E-state index in [0.717, 1.165) is 11.3 Å². The number of halogens is 1. The lowest BCUT2D eigenvalue weighted by molar-refractivity contribution is 0.790. The molecule has 3 N–H and O–H groups in total. The molecule has 0 aliphatic carbocycles. The van der Waals surface area contributed by atoms with E-state index in [2.05, 4.69) is 10.3 Å². The van der Waals surface area contributed by atoms with Crippen molar-refractivity contribution in [2.24, 2.45) is 5.73 Å². The van der Waals surface area contributed by atoms with Crippen LogP contribution in [0.4, 0.5) is 5.69 Å². The lowest BCUT2D eigenvalue weighted by atomic mass is 10.1. The normalized spacial score (nSPS) is 12.1. The number of anilines is 1. The molecule has 0 amide bonds. The second-order valence-electron chi connectivity index (χ2n) is 3.70. The first-order chi connectivity index (χ1) is 8.31. The van der Waals surface area contributed by atoms with Gasteiger partial charge in [-0.3, -0.25) is 4.98 Å². The Morgan fingerprint density at radius 1 is 1.24 bits per heavy atom. The third-order valence-corrected chi connectivity index (χ3v) is 2.84. The smallest absolute Gasteiger partial charge is 0.0820 e. The molecule has 88 valence electrons. The number of benzene rings is 1. The maximum Gasteiger partial charge on any atom is 0.0820 e. The van der Waals surface area contributed by atoms with Crippen molar-refractivity contribution in [3.05, 3.63) is 59.4 Å². The van der Waals surface area contributed by atoms with Gasteiger partial charge in [0.2, 0.25) is 0 Å². The Kier molecular flexibility index (Phi) is 3.96. The van der Waals surface area contributed by atoms with Crippen LogP contribution in [0.5, 0.6) is 0 Å². The van der Waals surface area contributed by atoms with E-state index in [1.165, 1.54) is 0 Å². The molecule has 0 radical (unpaired) electrons. The molecule has 4 heteroatoms. The fraction of sp³-hybridized carbons (Fsp3) is 0.154. The first-order valence-corrected chi connectivity index (χ1v) is 5.80. The average Bonchev–Trinajstić information content (AvgIpc) is 2.39. The van der Waals surface area contributed by atoms with Crippen LogP contribution in [0.25, 0.3) is 0 Å². The minimum absolute atomic E-state index is 0.0519. The molecule has 1 atom stereocenters. The van der Waals surface area contributed by atoms with Crippen LogP contribution in [0.1, 0.15) is 11.6 Å². The number of nitrogens with one attached hydrogen (secondary N) is 1. The molecular weight excluding hydrogens is 234 g/mol. The predicted molar refractivity (Wildman–Crippen MR) is 71.1 cm³/mol. The summed E-state index contributed by atoms with van der Waals surface area (Å²) >= 11 is 6.05. The number of hydrogen-bond donors (Lipinski definition) is 2. The van der Waals surface area contributed by atoms with E-state index < -0.39 is 0 Å². The Morgan fingerprint density at radius 2 is 2.00 bits per heavy atom. The van der Waals surface area contributed by atoms with Gasteiger partial charge in [0.05, 0.1) is 16.8 Å². The summed E-state index contributed by atoms with van der Waals surface area (Å²) in [6.45, 7) is 0.503. The van der Waals surface area contributed by atoms with Crippen molar-refractivity contribution in [3.63, 3.8) is 0 Å². The zero-order valence-electron chi connectivity index (χ0n) is 9.31. The van der Waals surface area contributed by atoms with E-state index in [1.54, 1.807) is 12.4 Å². The van der Waals surface area contributed by atoms with E-state index in [-0.39, 0.29) is 6.04 Å². The Bertz CT molecular complexity index is 473. The van der Waals surface area contributed by atoms with Crippen LogP contribution in [-0.2, 0) is 0 Å². The summed E-state index contributed by atoms with van der Waals surface area (Å²) in [7, 11) is 0. The molecule has 0 aliphatic heterocycles. The Morgan fingerprint density at radius 3 is 2.65 bits per heavy atom. The summed E-state index contributed by atoms with van der Waals surface area (Å²) < 4.78 is 0. The van der Waals surface area contributed by atoms with Crippen molar-refractivity contribution in [2.45, 2.75) is 6.04 Å². The number of nitrogens with two attached hydrogens (primary N) is 1. The largest absolute Gasteiger partial charge is 0.376 e. The maximum absolute atomic E-state index is 6.05. The van der Waals surface area contributed by atoms with Crippen molar-refractivity contribution < 1.29 is 0 Å². The second-order valence-corrected chi connectivity index (χ2v) is 4.11. The highest BCUT2D eigenvalue weighted by Crippen LogP contribution is 2.24. The van der Waals surface area contributed by atoms with Gasteiger partial charge in [0, 0.05) is 18.9 Å². The van der Waals surface area contributed by atoms with Crippen molar-refractivity contribution in [1.29, 1.82) is 0 Å². The summed E-state index contributed by atoms with van der Waals surface area (Å²) in [5, 5.41) is 3.92. The van der Waals surface area contributed by atoms with Gasteiger partial charge in [0.1, 0.15) is 0 Å². The SMILES string of the molecule is NCC(Nc1ccncc1Cl)c1ccccc1. The van der Waals surface area contributed by atoms with Gasteiger partial charge in [-0.2, -0.15) is 0 Å². The van der Waals surface area contributed by atoms with E-state index in [9.17, 15) is 0 Å². The van der Waals surface area contributed by atoms with Crippen LogP contribution in [-0.4, -0.2) is 11.5 Å². The monoisotopic (exact) mass is 247 g/mol. The zero-order chi connectivity index (χ0) is 12.1. The van der Waals surface area contributed by atoms with E-state index in [1.807, 2.05) is 36.4 Å². The minimum atomic E-state index is 0.0519. The van der Waals surface area contributed by atoms with Crippen LogP contribution in [0.3, 0.4) is 0 Å². The Hall–Kier alpha value is -1.58. The number of nitrogens with zero attached hydrogens (tertiary/aromatic N) is 1. The van der Waals surface area contributed by atoms with Gasteiger partial charge in [0.15, 0.2) is 0 Å². The van der Waals surface area contributed by atoms with Crippen LogP contribution < -0.4 is 11.1 Å². The van der Waals surface area contributed by atoms with Crippen LogP contribution >= 0.6 is 11.6 Å². The highest BCUT2D eigenvalue weighted by molar-refractivity contribution is 6.33. The van der Waals surface area contributed by atoms with Gasteiger partial charge < -0.3 is 11.1 Å².